The molecule has 18 heavy (non-hydrogen) atoms. The van der Waals surface area contributed by atoms with Gasteiger partial charge >= 0.3 is 6.18 Å². The van der Waals surface area contributed by atoms with Crippen molar-refractivity contribution in [3.63, 3.8) is 0 Å². The highest BCUT2D eigenvalue weighted by molar-refractivity contribution is 5.81. The summed E-state index contributed by atoms with van der Waals surface area (Å²) in [6, 6.07) is -0.694. The standard InChI is InChI=1S/C11H19F3N2O2/c1-7(10(18)16-6-11(12,13)14)15-5-8-3-2-4-9(8)17/h7-9,15,17H,2-6H2,1H3,(H,16,18). The molecule has 4 nitrogen and oxygen atoms in total. The molecule has 0 aromatic carbocycles. The smallest absolute Gasteiger partial charge is 0.393 e. The second-order valence-electron chi connectivity index (χ2n) is 4.72. The normalized spacial score (nSPS) is 26.1. The number of rotatable bonds is 5. The number of halogens is 3. The third-order valence-corrected chi connectivity index (χ3v) is 3.16. The fraction of sp³-hybridized carbons (Fsp3) is 0.909. The highest BCUT2D eigenvalue weighted by atomic mass is 19.4. The Hall–Kier alpha value is -0.820. The molecule has 3 unspecified atom stereocenters. The van der Waals surface area contributed by atoms with Gasteiger partial charge in [0, 0.05) is 6.54 Å². The molecule has 3 N–H and O–H groups in total. The zero-order chi connectivity index (χ0) is 13.8. The van der Waals surface area contributed by atoms with E-state index in [1.807, 2.05) is 5.32 Å². The summed E-state index contributed by atoms with van der Waals surface area (Å²) in [4.78, 5) is 11.3. The van der Waals surface area contributed by atoms with Crippen LogP contribution in [-0.2, 0) is 4.79 Å². The van der Waals surface area contributed by atoms with Gasteiger partial charge in [-0.3, -0.25) is 4.79 Å². The van der Waals surface area contributed by atoms with Crippen LogP contribution in [0.2, 0.25) is 0 Å². The molecule has 1 aliphatic rings. The quantitative estimate of drug-likeness (QED) is 0.691. The molecule has 1 aliphatic carbocycles. The van der Waals surface area contributed by atoms with E-state index in [0.29, 0.717) is 6.54 Å². The maximum absolute atomic E-state index is 11.9. The van der Waals surface area contributed by atoms with Crippen molar-refractivity contribution in [2.24, 2.45) is 5.92 Å². The van der Waals surface area contributed by atoms with E-state index in [-0.39, 0.29) is 12.0 Å². The lowest BCUT2D eigenvalue weighted by atomic mass is 10.1. The molecule has 0 aromatic rings. The molecule has 0 radical (unpaired) electrons. The van der Waals surface area contributed by atoms with E-state index in [4.69, 9.17) is 0 Å². The number of carbonyl (C=O) groups excluding carboxylic acids is 1. The number of carbonyl (C=O) groups is 1. The molecule has 1 amide bonds. The molecular formula is C11H19F3N2O2. The Kier molecular flexibility index (Phi) is 5.40. The first-order valence-electron chi connectivity index (χ1n) is 6.05. The first-order valence-corrected chi connectivity index (χ1v) is 6.05. The van der Waals surface area contributed by atoms with Gasteiger partial charge in [0.2, 0.25) is 5.91 Å². The van der Waals surface area contributed by atoms with Gasteiger partial charge in [0.05, 0.1) is 12.1 Å². The molecule has 0 heterocycles. The summed E-state index contributed by atoms with van der Waals surface area (Å²) in [5.74, 6) is -0.595. The van der Waals surface area contributed by atoms with Crippen LogP contribution in [0.4, 0.5) is 13.2 Å². The SMILES string of the molecule is CC(NCC1CCCC1O)C(=O)NCC(F)(F)F. The first-order chi connectivity index (χ1) is 8.29. The van der Waals surface area contributed by atoms with E-state index in [1.54, 1.807) is 0 Å². The van der Waals surface area contributed by atoms with Crippen LogP contribution in [-0.4, -0.2) is 42.4 Å². The Labute approximate surface area is 104 Å². The maximum Gasteiger partial charge on any atom is 0.405 e. The Bertz CT molecular complexity index is 284. The van der Waals surface area contributed by atoms with Crippen molar-refractivity contribution in [3.05, 3.63) is 0 Å². The van der Waals surface area contributed by atoms with Crippen LogP contribution in [0.25, 0.3) is 0 Å². The van der Waals surface area contributed by atoms with Crippen LogP contribution in [0.1, 0.15) is 26.2 Å². The van der Waals surface area contributed by atoms with Crippen LogP contribution in [0.3, 0.4) is 0 Å². The van der Waals surface area contributed by atoms with Crippen molar-refractivity contribution in [1.29, 1.82) is 0 Å². The number of nitrogens with one attached hydrogen (secondary N) is 2. The number of hydrogen-bond donors (Lipinski definition) is 3. The fourth-order valence-electron chi connectivity index (χ4n) is 2.02. The molecule has 3 atom stereocenters. The van der Waals surface area contributed by atoms with Gasteiger partial charge in [-0.2, -0.15) is 13.2 Å². The third kappa shape index (κ3) is 5.22. The number of aliphatic hydroxyl groups excluding tert-OH is 1. The molecule has 1 fully saturated rings. The van der Waals surface area contributed by atoms with E-state index in [0.717, 1.165) is 19.3 Å². The lowest BCUT2D eigenvalue weighted by molar-refractivity contribution is -0.139. The van der Waals surface area contributed by atoms with Gasteiger partial charge in [0.1, 0.15) is 6.54 Å². The van der Waals surface area contributed by atoms with Gasteiger partial charge in [-0.1, -0.05) is 6.42 Å². The monoisotopic (exact) mass is 268 g/mol. The van der Waals surface area contributed by atoms with Crippen molar-refractivity contribution in [2.45, 2.75) is 44.5 Å². The van der Waals surface area contributed by atoms with Crippen LogP contribution in [0.15, 0.2) is 0 Å². The predicted molar refractivity (Wildman–Crippen MR) is 59.9 cm³/mol. The Morgan fingerprint density at radius 3 is 2.61 bits per heavy atom. The molecule has 0 saturated heterocycles. The fourth-order valence-corrected chi connectivity index (χ4v) is 2.02. The molecule has 106 valence electrons. The molecular weight excluding hydrogens is 249 g/mol. The molecule has 0 aromatic heterocycles. The van der Waals surface area contributed by atoms with Gasteiger partial charge in [0.15, 0.2) is 0 Å². The van der Waals surface area contributed by atoms with Gasteiger partial charge in [-0.25, -0.2) is 0 Å². The zero-order valence-electron chi connectivity index (χ0n) is 10.3. The van der Waals surface area contributed by atoms with Crippen molar-refractivity contribution >= 4 is 5.91 Å². The largest absolute Gasteiger partial charge is 0.405 e. The van der Waals surface area contributed by atoms with Crippen LogP contribution in [0.5, 0.6) is 0 Å². The molecule has 1 rings (SSSR count). The summed E-state index contributed by atoms with van der Waals surface area (Å²) in [7, 11) is 0. The molecule has 0 aliphatic heterocycles. The van der Waals surface area contributed by atoms with E-state index < -0.39 is 24.7 Å². The van der Waals surface area contributed by atoms with Gasteiger partial charge < -0.3 is 15.7 Å². The Morgan fingerprint density at radius 2 is 2.11 bits per heavy atom. The number of aliphatic hydroxyl groups is 1. The maximum atomic E-state index is 11.9. The van der Waals surface area contributed by atoms with Crippen molar-refractivity contribution in [1.82, 2.24) is 10.6 Å². The lowest BCUT2D eigenvalue weighted by Crippen LogP contribution is -2.46. The second-order valence-corrected chi connectivity index (χ2v) is 4.72. The molecule has 7 heteroatoms. The second kappa shape index (κ2) is 6.38. The van der Waals surface area contributed by atoms with Crippen LogP contribution < -0.4 is 10.6 Å². The van der Waals surface area contributed by atoms with Gasteiger partial charge in [-0.15, -0.1) is 0 Å². The summed E-state index contributed by atoms with van der Waals surface area (Å²) in [5.41, 5.74) is 0. The van der Waals surface area contributed by atoms with Gasteiger partial charge in [0.25, 0.3) is 0 Å². The van der Waals surface area contributed by atoms with Gasteiger partial charge in [-0.05, 0) is 25.7 Å². The first kappa shape index (κ1) is 15.2. The topological polar surface area (TPSA) is 61.4 Å². The average Bonchev–Trinajstić information content (AvgIpc) is 2.67. The molecule has 0 spiro atoms. The third-order valence-electron chi connectivity index (χ3n) is 3.16. The van der Waals surface area contributed by atoms with Crippen molar-refractivity contribution in [3.8, 4) is 0 Å². The minimum atomic E-state index is -4.39. The zero-order valence-corrected chi connectivity index (χ0v) is 10.3. The molecule has 0 bridgehead atoms. The predicted octanol–water partition coefficient (Wildman–Crippen LogP) is 0.804. The minimum absolute atomic E-state index is 0.0860. The lowest BCUT2D eigenvalue weighted by Gasteiger charge is -2.19. The number of alkyl halides is 3. The number of amides is 1. The summed E-state index contributed by atoms with van der Waals surface area (Å²) < 4.78 is 35.7. The highest BCUT2D eigenvalue weighted by Gasteiger charge is 2.29. The summed E-state index contributed by atoms with van der Waals surface area (Å²) >= 11 is 0. The number of hydrogen-bond acceptors (Lipinski definition) is 3. The van der Waals surface area contributed by atoms with Crippen LogP contribution >= 0.6 is 0 Å². The highest BCUT2D eigenvalue weighted by Crippen LogP contribution is 2.24. The summed E-state index contributed by atoms with van der Waals surface area (Å²) in [5, 5.41) is 14.2. The average molecular weight is 268 g/mol. The van der Waals surface area contributed by atoms with E-state index >= 15 is 0 Å². The van der Waals surface area contributed by atoms with Crippen LogP contribution in [0, 0.1) is 5.92 Å². The van der Waals surface area contributed by atoms with E-state index in [1.165, 1.54) is 6.92 Å². The van der Waals surface area contributed by atoms with Crippen molar-refractivity contribution in [2.75, 3.05) is 13.1 Å². The minimum Gasteiger partial charge on any atom is -0.393 e. The Morgan fingerprint density at radius 1 is 1.44 bits per heavy atom. The summed E-state index contributed by atoms with van der Waals surface area (Å²) in [6.45, 7) is 0.638. The van der Waals surface area contributed by atoms with Crippen molar-refractivity contribution < 1.29 is 23.1 Å². The van der Waals surface area contributed by atoms with E-state index in [2.05, 4.69) is 5.32 Å². The van der Waals surface area contributed by atoms with E-state index in [9.17, 15) is 23.1 Å². The molecule has 1 saturated carbocycles. The summed E-state index contributed by atoms with van der Waals surface area (Å²) in [6.07, 6.45) is -2.19. The Balaban J connectivity index is 2.23.